The first kappa shape index (κ1) is 15.6. The number of likely N-dealkylation sites (tertiary alicyclic amines) is 1. The molecule has 0 spiro atoms. The molecular formula is C17H23NO3. The fraction of sp³-hybridized carbons (Fsp3) is 0.471. The summed E-state index contributed by atoms with van der Waals surface area (Å²) < 4.78 is 5.17. The molecule has 1 heterocycles. The maximum absolute atomic E-state index is 12.2. The van der Waals surface area contributed by atoms with Crippen molar-refractivity contribution in [2.24, 2.45) is 5.92 Å². The molecule has 1 aliphatic rings. The summed E-state index contributed by atoms with van der Waals surface area (Å²) in [6.45, 7) is 1.76. The van der Waals surface area contributed by atoms with E-state index in [0.29, 0.717) is 5.92 Å². The lowest BCUT2D eigenvalue weighted by Crippen LogP contribution is -2.39. The minimum absolute atomic E-state index is 0.0421. The fourth-order valence-electron chi connectivity index (χ4n) is 2.70. The van der Waals surface area contributed by atoms with Crippen LogP contribution in [0, 0.1) is 5.92 Å². The van der Waals surface area contributed by atoms with Gasteiger partial charge in [-0.1, -0.05) is 12.1 Å². The van der Waals surface area contributed by atoms with Crippen molar-refractivity contribution in [2.75, 3.05) is 26.8 Å². The van der Waals surface area contributed by atoms with Crippen LogP contribution in [0.25, 0.3) is 6.08 Å². The average Bonchev–Trinajstić information content (AvgIpc) is 2.53. The van der Waals surface area contributed by atoms with Gasteiger partial charge in [0.25, 0.3) is 0 Å². The molecule has 0 saturated carbocycles. The van der Waals surface area contributed by atoms with Crippen molar-refractivity contribution in [3.8, 4) is 5.75 Å². The first-order valence-electron chi connectivity index (χ1n) is 7.45. The SMILES string of the molecule is COc1cccc(C=CC(=O)N2CCCC(CCO)C2)c1. The van der Waals surface area contributed by atoms with E-state index >= 15 is 0 Å². The van der Waals surface area contributed by atoms with Crippen LogP contribution in [-0.4, -0.2) is 42.7 Å². The van der Waals surface area contributed by atoms with Gasteiger partial charge in [0.2, 0.25) is 5.91 Å². The van der Waals surface area contributed by atoms with E-state index in [4.69, 9.17) is 9.84 Å². The standard InChI is InChI=1S/C17H23NO3/c1-21-16-6-2-4-14(12-16)7-8-17(20)18-10-3-5-15(13-18)9-11-19/h2,4,6-8,12,15,19H,3,5,9-11,13H2,1H3. The van der Waals surface area contributed by atoms with Crippen molar-refractivity contribution in [3.63, 3.8) is 0 Å². The number of aliphatic hydroxyl groups is 1. The Bertz CT molecular complexity index is 497. The van der Waals surface area contributed by atoms with Gasteiger partial charge in [0.05, 0.1) is 7.11 Å². The molecule has 1 unspecified atom stereocenters. The van der Waals surface area contributed by atoms with E-state index in [2.05, 4.69) is 0 Å². The zero-order valence-corrected chi connectivity index (χ0v) is 12.5. The average molecular weight is 289 g/mol. The Morgan fingerprint density at radius 1 is 1.52 bits per heavy atom. The van der Waals surface area contributed by atoms with Crippen molar-refractivity contribution >= 4 is 12.0 Å². The second kappa shape index (κ2) is 7.84. The molecule has 114 valence electrons. The van der Waals surface area contributed by atoms with E-state index in [-0.39, 0.29) is 12.5 Å². The zero-order valence-electron chi connectivity index (χ0n) is 12.5. The Hall–Kier alpha value is -1.81. The highest BCUT2D eigenvalue weighted by molar-refractivity contribution is 5.91. The Morgan fingerprint density at radius 3 is 3.14 bits per heavy atom. The van der Waals surface area contributed by atoms with Crippen LogP contribution in [0.3, 0.4) is 0 Å². The van der Waals surface area contributed by atoms with E-state index in [0.717, 1.165) is 43.7 Å². The van der Waals surface area contributed by atoms with E-state index in [1.165, 1.54) is 0 Å². The molecule has 1 aromatic rings. The normalized spacial score (nSPS) is 19.0. The van der Waals surface area contributed by atoms with Crippen LogP contribution >= 0.6 is 0 Å². The molecule has 1 atom stereocenters. The quantitative estimate of drug-likeness (QED) is 0.846. The lowest BCUT2D eigenvalue weighted by atomic mass is 9.95. The minimum atomic E-state index is 0.0421. The Kier molecular flexibility index (Phi) is 5.81. The number of hydrogen-bond acceptors (Lipinski definition) is 3. The molecule has 1 aliphatic heterocycles. The number of carbonyl (C=O) groups excluding carboxylic acids is 1. The number of amides is 1. The third-order valence-corrected chi connectivity index (χ3v) is 3.88. The smallest absolute Gasteiger partial charge is 0.246 e. The van der Waals surface area contributed by atoms with Crippen molar-refractivity contribution in [3.05, 3.63) is 35.9 Å². The number of benzene rings is 1. The minimum Gasteiger partial charge on any atom is -0.497 e. The first-order valence-corrected chi connectivity index (χ1v) is 7.45. The summed E-state index contributed by atoms with van der Waals surface area (Å²) in [5.74, 6) is 1.25. The Morgan fingerprint density at radius 2 is 2.38 bits per heavy atom. The molecule has 2 rings (SSSR count). The van der Waals surface area contributed by atoms with Crippen molar-refractivity contribution in [1.82, 2.24) is 4.90 Å². The molecule has 21 heavy (non-hydrogen) atoms. The molecule has 1 amide bonds. The third-order valence-electron chi connectivity index (χ3n) is 3.88. The van der Waals surface area contributed by atoms with Crippen LogP contribution in [-0.2, 0) is 4.79 Å². The molecule has 0 radical (unpaired) electrons. The Balaban J connectivity index is 1.95. The van der Waals surface area contributed by atoms with Gasteiger partial charge in [0.15, 0.2) is 0 Å². The molecule has 0 aliphatic carbocycles. The van der Waals surface area contributed by atoms with Gasteiger partial charge >= 0.3 is 0 Å². The number of methoxy groups -OCH3 is 1. The number of carbonyl (C=O) groups is 1. The molecule has 1 aromatic carbocycles. The van der Waals surface area contributed by atoms with Gasteiger partial charge in [-0.15, -0.1) is 0 Å². The zero-order chi connectivity index (χ0) is 15.1. The molecular weight excluding hydrogens is 266 g/mol. The first-order chi connectivity index (χ1) is 10.2. The summed E-state index contributed by atoms with van der Waals surface area (Å²) in [5.41, 5.74) is 0.951. The van der Waals surface area contributed by atoms with E-state index < -0.39 is 0 Å². The van der Waals surface area contributed by atoms with Crippen LogP contribution in [0.5, 0.6) is 5.75 Å². The topological polar surface area (TPSA) is 49.8 Å². The van der Waals surface area contributed by atoms with Gasteiger partial charge in [-0.05, 0) is 49.0 Å². The van der Waals surface area contributed by atoms with Crippen molar-refractivity contribution < 1.29 is 14.6 Å². The second-order valence-corrected chi connectivity index (χ2v) is 5.41. The van der Waals surface area contributed by atoms with Crippen LogP contribution in [0.2, 0.25) is 0 Å². The third kappa shape index (κ3) is 4.60. The van der Waals surface area contributed by atoms with Gasteiger partial charge in [-0.3, -0.25) is 4.79 Å². The molecule has 4 nitrogen and oxygen atoms in total. The van der Waals surface area contributed by atoms with Crippen molar-refractivity contribution in [1.29, 1.82) is 0 Å². The maximum atomic E-state index is 12.2. The van der Waals surface area contributed by atoms with E-state index in [9.17, 15) is 4.79 Å². The van der Waals surface area contributed by atoms with Gasteiger partial charge in [0.1, 0.15) is 5.75 Å². The number of rotatable bonds is 5. The number of piperidine rings is 1. The highest BCUT2D eigenvalue weighted by Gasteiger charge is 2.21. The van der Waals surface area contributed by atoms with Crippen LogP contribution < -0.4 is 4.74 Å². The summed E-state index contributed by atoms with van der Waals surface area (Å²) >= 11 is 0. The van der Waals surface area contributed by atoms with Gasteiger partial charge in [-0.25, -0.2) is 0 Å². The van der Waals surface area contributed by atoms with Crippen LogP contribution in [0.1, 0.15) is 24.8 Å². The predicted octanol–water partition coefficient (Wildman–Crippen LogP) is 2.33. The highest BCUT2D eigenvalue weighted by atomic mass is 16.5. The summed E-state index contributed by atoms with van der Waals surface area (Å²) in [4.78, 5) is 14.1. The lowest BCUT2D eigenvalue weighted by molar-refractivity contribution is -0.127. The molecule has 0 aromatic heterocycles. The summed E-state index contributed by atoms with van der Waals surface area (Å²) in [6.07, 6.45) is 6.34. The maximum Gasteiger partial charge on any atom is 0.246 e. The van der Waals surface area contributed by atoms with Crippen LogP contribution in [0.4, 0.5) is 0 Å². The summed E-state index contributed by atoms with van der Waals surface area (Å²) in [6, 6.07) is 7.62. The largest absolute Gasteiger partial charge is 0.497 e. The van der Waals surface area contributed by atoms with E-state index in [1.54, 1.807) is 13.2 Å². The molecule has 1 N–H and O–H groups in total. The van der Waals surface area contributed by atoms with Crippen LogP contribution in [0.15, 0.2) is 30.3 Å². The monoisotopic (exact) mass is 289 g/mol. The lowest BCUT2D eigenvalue weighted by Gasteiger charge is -2.31. The van der Waals surface area contributed by atoms with Gasteiger partial charge < -0.3 is 14.7 Å². The number of hydrogen-bond donors (Lipinski definition) is 1. The number of aliphatic hydroxyl groups excluding tert-OH is 1. The van der Waals surface area contributed by atoms with E-state index in [1.807, 2.05) is 35.2 Å². The highest BCUT2D eigenvalue weighted by Crippen LogP contribution is 2.20. The second-order valence-electron chi connectivity index (χ2n) is 5.41. The van der Waals surface area contributed by atoms with Gasteiger partial charge in [0, 0.05) is 25.8 Å². The summed E-state index contributed by atoms with van der Waals surface area (Å²) in [5, 5.41) is 9.02. The number of nitrogens with zero attached hydrogens (tertiary/aromatic N) is 1. The molecule has 4 heteroatoms. The molecule has 0 bridgehead atoms. The predicted molar refractivity (Wildman–Crippen MR) is 83.0 cm³/mol. The summed E-state index contributed by atoms with van der Waals surface area (Å²) in [7, 11) is 1.63. The Labute approximate surface area is 126 Å². The molecule has 1 fully saturated rings. The van der Waals surface area contributed by atoms with Gasteiger partial charge in [-0.2, -0.15) is 0 Å². The molecule has 1 saturated heterocycles. The number of ether oxygens (including phenoxy) is 1. The van der Waals surface area contributed by atoms with Crippen molar-refractivity contribution in [2.45, 2.75) is 19.3 Å². The fourth-order valence-corrected chi connectivity index (χ4v) is 2.70.